The van der Waals surface area contributed by atoms with Crippen LogP contribution in [-0.2, 0) is 0 Å². The minimum absolute atomic E-state index is 0.324. The number of aromatic nitrogens is 3. The molecule has 0 fully saturated rings. The predicted molar refractivity (Wildman–Crippen MR) is 126 cm³/mol. The molecule has 162 valence electrons. The molecule has 0 amide bonds. The van der Waals surface area contributed by atoms with Gasteiger partial charge in [-0.1, -0.05) is 72.8 Å². The van der Waals surface area contributed by atoms with Gasteiger partial charge in [0.2, 0.25) is 0 Å². The molecule has 9 nitrogen and oxygen atoms in total. The minimum atomic E-state index is -1.59. The summed E-state index contributed by atoms with van der Waals surface area (Å²) in [4.78, 5) is 13.6. The second-order valence-electron chi connectivity index (χ2n) is 7.29. The van der Waals surface area contributed by atoms with Crippen molar-refractivity contribution in [2.24, 2.45) is 0 Å². The molecule has 12 heteroatoms. The Bertz CT molecular complexity index is 1070. The van der Waals surface area contributed by atoms with Gasteiger partial charge in [-0.25, -0.2) is 15.0 Å². The summed E-state index contributed by atoms with van der Waals surface area (Å²) in [6.45, 7) is 0. The second-order valence-corrected chi connectivity index (χ2v) is 7.29. The fourth-order valence-electron chi connectivity index (χ4n) is 3.18. The first-order valence-corrected chi connectivity index (χ1v) is 9.97. The van der Waals surface area contributed by atoms with Crippen LogP contribution in [0.3, 0.4) is 0 Å². The van der Waals surface area contributed by atoms with Gasteiger partial charge in [0, 0.05) is 16.7 Å². The highest BCUT2D eigenvalue weighted by Crippen LogP contribution is 2.24. The Balaban J connectivity index is 1.81. The minimum Gasteiger partial charge on any atom is -0.423 e. The maximum atomic E-state index is 9.34. The van der Waals surface area contributed by atoms with Crippen LogP contribution in [0.1, 0.15) is 0 Å². The topological polar surface area (TPSA) is 160 Å². The van der Waals surface area contributed by atoms with Crippen LogP contribution in [0.2, 0.25) is 0 Å². The van der Waals surface area contributed by atoms with Crippen LogP contribution in [0.4, 0.5) is 0 Å². The lowest BCUT2D eigenvalue weighted by Gasteiger charge is -2.10. The van der Waals surface area contributed by atoms with Gasteiger partial charge in [-0.2, -0.15) is 0 Å². The number of rotatable bonds is 6. The van der Waals surface area contributed by atoms with Crippen LogP contribution in [0.15, 0.2) is 72.8 Å². The molecular formula is C21H18B3N3O6. The Kier molecular flexibility index (Phi) is 6.66. The largest absolute Gasteiger partial charge is 0.488 e. The summed E-state index contributed by atoms with van der Waals surface area (Å²) in [5, 5.41) is 56.0. The highest BCUT2D eigenvalue weighted by atomic mass is 16.4. The Morgan fingerprint density at radius 1 is 0.364 bits per heavy atom. The van der Waals surface area contributed by atoms with E-state index < -0.39 is 21.4 Å². The van der Waals surface area contributed by atoms with Gasteiger partial charge in [0.15, 0.2) is 17.5 Å². The van der Waals surface area contributed by atoms with Crippen molar-refractivity contribution in [1.29, 1.82) is 0 Å². The van der Waals surface area contributed by atoms with Crippen molar-refractivity contribution < 1.29 is 30.1 Å². The smallest absolute Gasteiger partial charge is 0.423 e. The van der Waals surface area contributed by atoms with E-state index in [2.05, 4.69) is 15.0 Å². The molecule has 0 saturated carbocycles. The number of hydrogen-bond donors (Lipinski definition) is 6. The first kappa shape index (κ1) is 22.8. The Hall–Kier alpha value is -3.38. The van der Waals surface area contributed by atoms with Gasteiger partial charge in [-0.05, 0) is 16.4 Å². The van der Waals surface area contributed by atoms with Crippen LogP contribution < -0.4 is 16.4 Å². The van der Waals surface area contributed by atoms with Gasteiger partial charge < -0.3 is 30.1 Å². The molecule has 6 N–H and O–H groups in total. The zero-order chi connectivity index (χ0) is 23.5. The second kappa shape index (κ2) is 9.63. The molecule has 0 radical (unpaired) electrons. The van der Waals surface area contributed by atoms with E-state index >= 15 is 0 Å². The molecule has 3 aromatic carbocycles. The zero-order valence-corrected chi connectivity index (χ0v) is 17.2. The van der Waals surface area contributed by atoms with Crippen molar-refractivity contribution in [3.8, 4) is 34.2 Å². The third-order valence-corrected chi connectivity index (χ3v) is 5.04. The molecule has 1 aromatic heterocycles. The summed E-state index contributed by atoms with van der Waals surface area (Å²) >= 11 is 0. The molecule has 0 saturated heterocycles. The van der Waals surface area contributed by atoms with E-state index in [1.165, 1.54) is 0 Å². The van der Waals surface area contributed by atoms with Gasteiger partial charge in [0.05, 0.1) is 0 Å². The molecule has 0 spiro atoms. The molecular weight excluding hydrogens is 423 g/mol. The van der Waals surface area contributed by atoms with Crippen LogP contribution >= 0.6 is 0 Å². The molecule has 0 atom stereocenters. The van der Waals surface area contributed by atoms with E-state index in [1.54, 1.807) is 72.8 Å². The lowest BCUT2D eigenvalue weighted by molar-refractivity contribution is 0.424. The monoisotopic (exact) mass is 441 g/mol. The highest BCUT2D eigenvalue weighted by molar-refractivity contribution is 6.59. The van der Waals surface area contributed by atoms with Gasteiger partial charge in [0.25, 0.3) is 0 Å². The number of nitrogens with zero attached hydrogens (tertiary/aromatic N) is 3. The maximum absolute atomic E-state index is 9.34. The zero-order valence-electron chi connectivity index (χ0n) is 17.2. The Morgan fingerprint density at radius 2 is 0.576 bits per heavy atom. The third kappa shape index (κ3) is 5.17. The van der Waals surface area contributed by atoms with E-state index in [9.17, 15) is 30.1 Å². The van der Waals surface area contributed by atoms with Crippen LogP contribution in [0, 0.1) is 0 Å². The SMILES string of the molecule is OB(O)c1ccc(-c2nc(-c3ccc(B(O)O)cc3)nc(-c3ccc(B(O)O)cc3)n2)cc1. The first-order chi connectivity index (χ1) is 15.8. The standard InChI is InChI=1S/C21H18B3N3O6/c28-22(29)16-7-1-13(2-8-16)19-25-20(14-3-9-17(10-4-14)23(30)31)27-21(26-19)15-5-11-18(12-6-15)24(32)33/h1-12,28-33H. The predicted octanol–water partition coefficient (Wildman–Crippen LogP) is -2.09. The van der Waals surface area contributed by atoms with Crippen LogP contribution in [0.25, 0.3) is 34.2 Å². The summed E-state index contributed by atoms with van der Waals surface area (Å²) in [6.07, 6.45) is 0. The molecule has 0 aliphatic heterocycles. The molecule has 4 aromatic rings. The summed E-state index contributed by atoms with van der Waals surface area (Å²) < 4.78 is 0. The van der Waals surface area contributed by atoms with Crippen molar-refractivity contribution in [2.45, 2.75) is 0 Å². The van der Waals surface area contributed by atoms with E-state index in [4.69, 9.17) is 0 Å². The van der Waals surface area contributed by atoms with Crippen LogP contribution in [-0.4, -0.2) is 66.5 Å². The summed E-state index contributed by atoms with van der Waals surface area (Å²) in [5.41, 5.74) is 2.83. The van der Waals surface area contributed by atoms with E-state index in [0.717, 1.165) is 0 Å². The normalized spacial score (nSPS) is 10.7. The van der Waals surface area contributed by atoms with E-state index in [1.807, 2.05) is 0 Å². The lowest BCUT2D eigenvalue weighted by Crippen LogP contribution is -2.29. The van der Waals surface area contributed by atoms with Gasteiger partial charge in [-0.15, -0.1) is 0 Å². The maximum Gasteiger partial charge on any atom is 0.488 e. The molecule has 1 heterocycles. The van der Waals surface area contributed by atoms with Gasteiger partial charge in [0.1, 0.15) is 0 Å². The summed E-state index contributed by atoms with van der Waals surface area (Å²) in [7, 11) is -4.78. The molecule has 33 heavy (non-hydrogen) atoms. The third-order valence-electron chi connectivity index (χ3n) is 5.04. The molecule has 0 aliphatic carbocycles. The van der Waals surface area contributed by atoms with Crippen molar-refractivity contribution in [3.63, 3.8) is 0 Å². The van der Waals surface area contributed by atoms with Crippen molar-refractivity contribution >= 4 is 37.7 Å². The fourth-order valence-corrected chi connectivity index (χ4v) is 3.18. The summed E-state index contributed by atoms with van der Waals surface area (Å²) in [5.74, 6) is 1.02. The first-order valence-electron chi connectivity index (χ1n) is 9.97. The quantitative estimate of drug-likeness (QED) is 0.185. The molecule has 4 rings (SSSR count). The van der Waals surface area contributed by atoms with Crippen molar-refractivity contribution in [2.75, 3.05) is 0 Å². The number of hydrogen-bond acceptors (Lipinski definition) is 9. The average Bonchev–Trinajstić information content (AvgIpc) is 2.84. The Morgan fingerprint density at radius 3 is 0.758 bits per heavy atom. The lowest BCUT2D eigenvalue weighted by atomic mass is 9.80. The fraction of sp³-hybridized carbons (Fsp3) is 0. The molecule has 0 unspecified atom stereocenters. The van der Waals surface area contributed by atoms with E-state index in [0.29, 0.717) is 50.6 Å². The van der Waals surface area contributed by atoms with Crippen molar-refractivity contribution in [3.05, 3.63) is 72.8 Å². The number of benzene rings is 3. The van der Waals surface area contributed by atoms with Gasteiger partial charge in [-0.3, -0.25) is 0 Å². The van der Waals surface area contributed by atoms with Crippen molar-refractivity contribution in [1.82, 2.24) is 15.0 Å². The Labute approximate surface area is 190 Å². The molecule has 0 aliphatic rings. The van der Waals surface area contributed by atoms with Crippen LogP contribution in [0.5, 0.6) is 0 Å². The molecule has 0 bridgehead atoms. The highest BCUT2D eigenvalue weighted by Gasteiger charge is 2.17. The van der Waals surface area contributed by atoms with Gasteiger partial charge >= 0.3 is 21.4 Å². The average molecular weight is 441 g/mol. The summed E-state index contributed by atoms with van der Waals surface area (Å²) in [6, 6.07) is 19.3. The van der Waals surface area contributed by atoms with E-state index in [-0.39, 0.29) is 0 Å².